The van der Waals surface area contributed by atoms with E-state index in [0.29, 0.717) is 30.7 Å². The summed E-state index contributed by atoms with van der Waals surface area (Å²) in [5.41, 5.74) is 1.03. The highest BCUT2D eigenvalue weighted by molar-refractivity contribution is 5.94. The predicted molar refractivity (Wildman–Crippen MR) is 90.7 cm³/mol. The third kappa shape index (κ3) is 2.61. The molecule has 0 radical (unpaired) electrons. The van der Waals surface area contributed by atoms with Gasteiger partial charge in [-0.1, -0.05) is 0 Å². The molecule has 0 aliphatic carbocycles. The van der Waals surface area contributed by atoms with E-state index in [0.717, 1.165) is 0 Å². The van der Waals surface area contributed by atoms with E-state index in [9.17, 15) is 14.0 Å². The van der Waals surface area contributed by atoms with E-state index in [2.05, 4.69) is 15.0 Å². The number of methoxy groups -OCH3 is 1. The summed E-state index contributed by atoms with van der Waals surface area (Å²) >= 11 is 0. The minimum Gasteiger partial charge on any atom is -0.494 e. The highest BCUT2D eigenvalue weighted by Gasteiger charge is 2.30. The Balaban J connectivity index is 1.58. The Hall–Kier alpha value is -3.23. The highest BCUT2D eigenvalue weighted by atomic mass is 19.1. The van der Waals surface area contributed by atoms with Crippen molar-refractivity contribution in [2.75, 3.05) is 20.2 Å². The van der Waals surface area contributed by atoms with E-state index < -0.39 is 5.82 Å². The lowest BCUT2D eigenvalue weighted by atomic mass is 10.2. The second-order valence-corrected chi connectivity index (χ2v) is 6.10. The summed E-state index contributed by atoms with van der Waals surface area (Å²) < 4.78 is 20.3. The molecule has 1 N–H and O–H groups in total. The van der Waals surface area contributed by atoms with Crippen LogP contribution in [0.2, 0.25) is 0 Å². The van der Waals surface area contributed by atoms with Gasteiger partial charge in [0.05, 0.1) is 19.3 Å². The van der Waals surface area contributed by atoms with Crippen LogP contribution in [0.3, 0.4) is 0 Å². The highest BCUT2D eigenvalue weighted by Crippen LogP contribution is 2.25. The maximum atomic E-state index is 13.9. The Labute approximate surface area is 147 Å². The number of nitrogens with zero attached hydrogens (tertiary/aromatic N) is 4. The molecule has 3 aromatic rings. The molecule has 26 heavy (non-hydrogen) atoms. The molecule has 1 amide bonds. The molecule has 1 aromatic carbocycles. The summed E-state index contributed by atoms with van der Waals surface area (Å²) in [5.74, 6) is -0.777. The number of carbonyl (C=O) groups is 1. The van der Waals surface area contributed by atoms with Gasteiger partial charge in [0.25, 0.3) is 5.91 Å². The average molecular weight is 357 g/mol. The van der Waals surface area contributed by atoms with Gasteiger partial charge in [0, 0.05) is 18.7 Å². The number of aromatic amines is 1. The van der Waals surface area contributed by atoms with Crippen LogP contribution in [0, 0.1) is 5.82 Å². The molecule has 1 unspecified atom stereocenters. The summed E-state index contributed by atoms with van der Waals surface area (Å²) in [5, 5.41) is 0. The smallest absolute Gasteiger partial charge is 0.328 e. The Morgan fingerprint density at radius 3 is 3.04 bits per heavy atom. The lowest BCUT2D eigenvalue weighted by Gasteiger charge is -2.17. The van der Waals surface area contributed by atoms with Gasteiger partial charge in [-0.2, -0.15) is 0 Å². The summed E-state index contributed by atoms with van der Waals surface area (Å²) in [6, 6.07) is 3.93. The van der Waals surface area contributed by atoms with Crippen LogP contribution in [0.15, 0.2) is 35.5 Å². The van der Waals surface area contributed by atoms with Crippen molar-refractivity contribution in [2.45, 2.75) is 12.5 Å². The maximum absolute atomic E-state index is 13.9. The first-order valence-electron chi connectivity index (χ1n) is 8.11. The Morgan fingerprint density at radius 2 is 2.27 bits per heavy atom. The minimum atomic E-state index is -0.585. The number of imidazole rings is 1. The van der Waals surface area contributed by atoms with Crippen molar-refractivity contribution < 1.29 is 13.9 Å². The normalized spacial score (nSPS) is 17.0. The van der Waals surface area contributed by atoms with E-state index in [1.807, 2.05) is 0 Å². The van der Waals surface area contributed by atoms with E-state index in [-0.39, 0.29) is 29.0 Å². The van der Waals surface area contributed by atoms with Crippen molar-refractivity contribution in [3.05, 3.63) is 52.6 Å². The van der Waals surface area contributed by atoms with Crippen molar-refractivity contribution in [2.24, 2.45) is 0 Å². The van der Waals surface area contributed by atoms with Crippen LogP contribution in [-0.2, 0) is 0 Å². The van der Waals surface area contributed by atoms with E-state index in [1.165, 1.54) is 37.8 Å². The summed E-state index contributed by atoms with van der Waals surface area (Å²) in [4.78, 5) is 37.3. The van der Waals surface area contributed by atoms with Gasteiger partial charge in [0.2, 0.25) is 0 Å². The van der Waals surface area contributed by atoms with Crippen LogP contribution in [0.25, 0.3) is 11.2 Å². The number of likely N-dealkylation sites (tertiary alicyclic amines) is 1. The number of hydrogen-bond acceptors (Lipinski definition) is 5. The number of fused-ring (bicyclic) bond motifs is 1. The molecule has 134 valence electrons. The first kappa shape index (κ1) is 16.2. The zero-order chi connectivity index (χ0) is 18.3. The number of ether oxygens (including phenoxy) is 1. The molecule has 0 bridgehead atoms. The zero-order valence-electron chi connectivity index (χ0n) is 14.0. The fourth-order valence-electron chi connectivity index (χ4n) is 3.33. The van der Waals surface area contributed by atoms with Crippen molar-refractivity contribution in [3.63, 3.8) is 0 Å². The van der Waals surface area contributed by atoms with Crippen LogP contribution < -0.4 is 10.4 Å². The van der Waals surface area contributed by atoms with E-state index >= 15 is 0 Å². The van der Waals surface area contributed by atoms with Crippen molar-refractivity contribution in [1.82, 2.24) is 24.4 Å². The summed E-state index contributed by atoms with van der Waals surface area (Å²) in [7, 11) is 1.37. The number of benzene rings is 1. The Morgan fingerprint density at radius 1 is 1.42 bits per heavy atom. The second-order valence-electron chi connectivity index (χ2n) is 6.10. The van der Waals surface area contributed by atoms with Gasteiger partial charge >= 0.3 is 5.69 Å². The van der Waals surface area contributed by atoms with Crippen LogP contribution in [0.1, 0.15) is 22.8 Å². The van der Waals surface area contributed by atoms with Gasteiger partial charge < -0.3 is 14.6 Å². The number of halogens is 1. The Bertz CT molecular complexity index is 1040. The van der Waals surface area contributed by atoms with Gasteiger partial charge in [0.1, 0.15) is 11.8 Å². The molecule has 2 aromatic heterocycles. The fourth-order valence-corrected chi connectivity index (χ4v) is 3.33. The first-order valence-corrected chi connectivity index (χ1v) is 8.11. The molecule has 3 heterocycles. The number of nitrogens with one attached hydrogen (secondary N) is 1. The predicted octanol–water partition coefficient (Wildman–Crippen LogP) is 1.35. The van der Waals surface area contributed by atoms with E-state index in [4.69, 9.17) is 4.74 Å². The van der Waals surface area contributed by atoms with Crippen molar-refractivity contribution in [3.8, 4) is 5.75 Å². The third-order valence-corrected chi connectivity index (χ3v) is 4.59. The van der Waals surface area contributed by atoms with Crippen LogP contribution in [0.4, 0.5) is 4.39 Å². The largest absolute Gasteiger partial charge is 0.494 e. The lowest BCUT2D eigenvalue weighted by Crippen LogP contribution is -2.31. The second kappa shape index (κ2) is 6.25. The maximum Gasteiger partial charge on any atom is 0.328 e. The molecule has 1 aliphatic rings. The first-order chi connectivity index (χ1) is 12.6. The molecular formula is C17H16FN5O3. The molecule has 1 atom stereocenters. The van der Waals surface area contributed by atoms with Crippen LogP contribution in [0.5, 0.6) is 5.75 Å². The molecule has 0 saturated carbocycles. The topological polar surface area (TPSA) is 93.1 Å². The van der Waals surface area contributed by atoms with Gasteiger partial charge in [-0.3, -0.25) is 9.36 Å². The standard InChI is InChI=1S/C17H16FN5O3/c1-26-14-3-2-10(6-12(14)18)16(24)22-5-4-11(8-22)23-15-13(21-17(23)25)7-19-9-20-15/h2-3,6-7,9,11H,4-5,8H2,1H3,(H,21,25). The summed E-state index contributed by atoms with van der Waals surface area (Å²) in [6.07, 6.45) is 3.53. The monoisotopic (exact) mass is 357 g/mol. The molecular weight excluding hydrogens is 341 g/mol. The van der Waals surface area contributed by atoms with Crippen LogP contribution in [-0.4, -0.2) is 50.5 Å². The Kier molecular flexibility index (Phi) is 3.90. The SMILES string of the molecule is COc1ccc(C(=O)N2CCC(n3c(=O)[nH]c4cncnc43)C2)cc1F. The number of H-pyrrole nitrogens is 1. The quantitative estimate of drug-likeness (QED) is 0.764. The third-order valence-electron chi connectivity index (χ3n) is 4.59. The molecule has 8 nitrogen and oxygen atoms in total. The van der Waals surface area contributed by atoms with Gasteiger partial charge in [0.15, 0.2) is 17.2 Å². The number of amides is 1. The van der Waals surface area contributed by atoms with Gasteiger partial charge in [-0.05, 0) is 24.6 Å². The fraction of sp³-hybridized carbons (Fsp3) is 0.294. The number of aromatic nitrogens is 4. The number of hydrogen-bond donors (Lipinski definition) is 1. The van der Waals surface area contributed by atoms with Gasteiger partial charge in [-0.25, -0.2) is 19.2 Å². The molecule has 1 fully saturated rings. The molecule has 0 spiro atoms. The minimum absolute atomic E-state index is 0.0888. The number of carbonyl (C=O) groups excluding carboxylic acids is 1. The lowest BCUT2D eigenvalue weighted by molar-refractivity contribution is 0.0787. The van der Waals surface area contributed by atoms with Gasteiger partial charge in [-0.15, -0.1) is 0 Å². The van der Waals surface area contributed by atoms with E-state index in [1.54, 1.807) is 9.47 Å². The van der Waals surface area contributed by atoms with Crippen molar-refractivity contribution >= 4 is 17.1 Å². The molecule has 1 aliphatic heterocycles. The summed E-state index contributed by atoms with van der Waals surface area (Å²) in [6.45, 7) is 0.824. The number of rotatable bonds is 3. The molecule has 1 saturated heterocycles. The van der Waals surface area contributed by atoms with Crippen molar-refractivity contribution in [1.29, 1.82) is 0 Å². The molecule has 9 heteroatoms. The van der Waals surface area contributed by atoms with Crippen LogP contribution >= 0.6 is 0 Å². The zero-order valence-corrected chi connectivity index (χ0v) is 14.0. The average Bonchev–Trinajstić information content (AvgIpc) is 3.24. The molecule has 4 rings (SSSR count).